The summed E-state index contributed by atoms with van der Waals surface area (Å²) in [5.41, 5.74) is -0.0514. The first kappa shape index (κ1) is 16.5. The van der Waals surface area contributed by atoms with Crippen LogP contribution in [0, 0.1) is 0 Å². The van der Waals surface area contributed by atoms with Crippen LogP contribution in [-0.2, 0) is 11.2 Å². The third kappa shape index (κ3) is 3.02. The van der Waals surface area contributed by atoms with Gasteiger partial charge in [0.05, 0.1) is 5.69 Å². The number of nitrogens with one attached hydrogen (secondary N) is 1. The van der Waals surface area contributed by atoms with Crippen molar-refractivity contribution in [2.24, 2.45) is 0 Å². The summed E-state index contributed by atoms with van der Waals surface area (Å²) in [6.07, 6.45) is 0.279. The Balaban J connectivity index is 1.91. The number of imide groups is 1. The van der Waals surface area contributed by atoms with E-state index in [-0.39, 0.29) is 28.2 Å². The summed E-state index contributed by atoms with van der Waals surface area (Å²) in [7, 11) is 0. The van der Waals surface area contributed by atoms with E-state index in [4.69, 9.17) is 23.2 Å². The normalized spacial score (nSPS) is 20.4. The third-order valence-corrected chi connectivity index (χ3v) is 4.15. The van der Waals surface area contributed by atoms with Gasteiger partial charge in [0.15, 0.2) is 0 Å². The number of phenols is 1. The van der Waals surface area contributed by atoms with Crippen molar-refractivity contribution in [2.75, 3.05) is 4.90 Å². The second-order valence-corrected chi connectivity index (χ2v) is 6.49. The summed E-state index contributed by atoms with van der Waals surface area (Å²) in [6.45, 7) is 1.64. The highest BCUT2D eigenvalue weighted by Crippen LogP contribution is 2.30. The highest BCUT2D eigenvalue weighted by molar-refractivity contribution is 6.33. The minimum Gasteiger partial charge on any atom is -0.508 e. The summed E-state index contributed by atoms with van der Waals surface area (Å²) in [6, 6.07) is 8.69. The number of phenolic OH excluding ortho intramolecular Hbond substituents is 1. The minimum absolute atomic E-state index is 0.0882. The van der Waals surface area contributed by atoms with Crippen LogP contribution in [0.15, 0.2) is 36.4 Å². The number of aromatic nitrogens is 1. The molecule has 2 heterocycles. The molecular weight excluding hydrogens is 353 g/mol. The van der Waals surface area contributed by atoms with Crippen LogP contribution in [0.5, 0.6) is 5.75 Å². The molecule has 1 saturated heterocycles. The van der Waals surface area contributed by atoms with Crippen molar-refractivity contribution in [3.63, 3.8) is 0 Å². The van der Waals surface area contributed by atoms with Crippen LogP contribution in [0.2, 0.25) is 10.3 Å². The van der Waals surface area contributed by atoms with Crippen LogP contribution >= 0.6 is 23.2 Å². The molecule has 1 aromatic carbocycles. The van der Waals surface area contributed by atoms with Gasteiger partial charge in [0.1, 0.15) is 21.6 Å². The lowest BCUT2D eigenvalue weighted by Gasteiger charge is -2.22. The molecule has 0 bridgehead atoms. The first-order chi connectivity index (χ1) is 11.3. The van der Waals surface area contributed by atoms with E-state index >= 15 is 0 Å². The second-order valence-electron chi connectivity index (χ2n) is 5.72. The summed E-state index contributed by atoms with van der Waals surface area (Å²) >= 11 is 11.7. The standard InChI is InChI=1S/C16H13Cl2N3O3/c1-16(8-9-2-4-11(22)5-3-9)14(23)21(15(24)20-16)10-6-12(17)19-13(18)7-10/h2-7,22H,8H2,1H3,(H,20,24). The topological polar surface area (TPSA) is 82.5 Å². The van der Waals surface area contributed by atoms with Crippen molar-refractivity contribution in [3.05, 3.63) is 52.3 Å². The van der Waals surface area contributed by atoms with Crippen LogP contribution < -0.4 is 10.2 Å². The molecule has 3 amide bonds. The molecule has 1 atom stereocenters. The van der Waals surface area contributed by atoms with Crippen LogP contribution in [-0.4, -0.2) is 27.6 Å². The van der Waals surface area contributed by atoms with Crippen molar-refractivity contribution < 1.29 is 14.7 Å². The number of carbonyl (C=O) groups is 2. The number of nitrogens with zero attached hydrogens (tertiary/aromatic N) is 2. The van der Waals surface area contributed by atoms with Gasteiger partial charge < -0.3 is 10.4 Å². The van der Waals surface area contributed by atoms with E-state index < -0.39 is 17.5 Å². The van der Waals surface area contributed by atoms with Crippen LogP contribution in [0.25, 0.3) is 0 Å². The number of halogens is 2. The van der Waals surface area contributed by atoms with Gasteiger partial charge in [-0.2, -0.15) is 0 Å². The number of hydrogen-bond donors (Lipinski definition) is 2. The lowest BCUT2D eigenvalue weighted by molar-refractivity contribution is -0.121. The first-order valence-corrected chi connectivity index (χ1v) is 7.82. The molecule has 1 aliphatic rings. The average molecular weight is 366 g/mol. The molecule has 124 valence electrons. The van der Waals surface area contributed by atoms with Gasteiger partial charge in [0, 0.05) is 6.42 Å². The molecule has 1 unspecified atom stereocenters. The lowest BCUT2D eigenvalue weighted by atomic mass is 9.92. The van der Waals surface area contributed by atoms with Gasteiger partial charge >= 0.3 is 6.03 Å². The largest absolute Gasteiger partial charge is 0.508 e. The van der Waals surface area contributed by atoms with E-state index in [1.807, 2.05) is 0 Å². The monoisotopic (exact) mass is 365 g/mol. The van der Waals surface area contributed by atoms with Gasteiger partial charge in [-0.25, -0.2) is 14.7 Å². The maximum absolute atomic E-state index is 12.8. The van der Waals surface area contributed by atoms with Gasteiger partial charge in [-0.15, -0.1) is 0 Å². The van der Waals surface area contributed by atoms with E-state index in [1.165, 1.54) is 24.3 Å². The molecule has 8 heteroatoms. The molecule has 0 spiro atoms. The lowest BCUT2D eigenvalue weighted by Crippen LogP contribution is -2.46. The SMILES string of the molecule is CC1(Cc2ccc(O)cc2)NC(=O)N(c2cc(Cl)nc(Cl)c2)C1=O. The van der Waals surface area contributed by atoms with Crippen molar-refractivity contribution in [2.45, 2.75) is 18.9 Å². The van der Waals surface area contributed by atoms with Crippen molar-refractivity contribution in [1.29, 1.82) is 0 Å². The number of urea groups is 1. The summed E-state index contributed by atoms with van der Waals surface area (Å²) in [5, 5.41) is 12.2. The number of anilines is 1. The Labute approximate surface area is 148 Å². The Hall–Kier alpha value is -2.31. The molecule has 1 fully saturated rings. The smallest absolute Gasteiger partial charge is 0.329 e. The molecule has 1 aliphatic heterocycles. The van der Waals surface area contributed by atoms with E-state index in [2.05, 4.69) is 10.3 Å². The number of carbonyl (C=O) groups excluding carboxylic acids is 2. The van der Waals surface area contributed by atoms with E-state index in [9.17, 15) is 14.7 Å². The van der Waals surface area contributed by atoms with Gasteiger partial charge in [0.2, 0.25) is 0 Å². The fraction of sp³-hybridized carbons (Fsp3) is 0.188. The van der Waals surface area contributed by atoms with Crippen molar-refractivity contribution in [1.82, 2.24) is 10.3 Å². The van der Waals surface area contributed by atoms with Crippen molar-refractivity contribution >= 4 is 40.8 Å². The fourth-order valence-corrected chi connectivity index (χ4v) is 3.09. The zero-order valence-corrected chi connectivity index (χ0v) is 14.1. The molecule has 0 radical (unpaired) electrons. The Morgan fingerprint density at radius 3 is 2.33 bits per heavy atom. The van der Waals surface area contributed by atoms with E-state index in [1.54, 1.807) is 19.1 Å². The highest BCUT2D eigenvalue weighted by Gasteiger charge is 2.48. The third-order valence-electron chi connectivity index (χ3n) is 3.76. The van der Waals surface area contributed by atoms with E-state index in [0.29, 0.717) is 0 Å². The highest BCUT2D eigenvalue weighted by atomic mass is 35.5. The van der Waals surface area contributed by atoms with Gasteiger partial charge in [-0.1, -0.05) is 35.3 Å². The minimum atomic E-state index is -1.11. The number of aromatic hydroxyl groups is 1. The molecule has 1 aromatic heterocycles. The zero-order chi connectivity index (χ0) is 17.5. The van der Waals surface area contributed by atoms with Crippen molar-refractivity contribution in [3.8, 4) is 5.75 Å². The molecular formula is C16H13Cl2N3O3. The van der Waals surface area contributed by atoms with Crippen LogP contribution in [0.4, 0.5) is 10.5 Å². The Morgan fingerprint density at radius 2 is 1.75 bits per heavy atom. The summed E-state index contributed by atoms with van der Waals surface area (Å²) < 4.78 is 0. The summed E-state index contributed by atoms with van der Waals surface area (Å²) in [5.74, 6) is -0.285. The summed E-state index contributed by atoms with van der Waals surface area (Å²) in [4.78, 5) is 29.9. The number of benzene rings is 1. The Morgan fingerprint density at radius 1 is 1.17 bits per heavy atom. The quantitative estimate of drug-likeness (QED) is 0.646. The van der Waals surface area contributed by atoms with Crippen LogP contribution in [0.1, 0.15) is 12.5 Å². The molecule has 0 aliphatic carbocycles. The first-order valence-electron chi connectivity index (χ1n) is 7.06. The zero-order valence-electron chi connectivity index (χ0n) is 12.6. The average Bonchev–Trinajstić information content (AvgIpc) is 2.70. The molecule has 0 saturated carbocycles. The maximum Gasteiger partial charge on any atom is 0.329 e. The maximum atomic E-state index is 12.8. The van der Waals surface area contributed by atoms with Gasteiger partial charge in [-0.3, -0.25) is 4.79 Å². The number of pyridine rings is 1. The Kier molecular flexibility index (Phi) is 4.11. The number of amides is 3. The molecule has 3 rings (SSSR count). The predicted octanol–water partition coefficient (Wildman–Crippen LogP) is 3.15. The van der Waals surface area contributed by atoms with Gasteiger partial charge in [0.25, 0.3) is 5.91 Å². The number of rotatable bonds is 3. The number of hydrogen-bond acceptors (Lipinski definition) is 4. The fourth-order valence-electron chi connectivity index (χ4n) is 2.64. The predicted molar refractivity (Wildman–Crippen MR) is 90.5 cm³/mol. The molecule has 6 nitrogen and oxygen atoms in total. The molecule has 24 heavy (non-hydrogen) atoms. The Bertz CT molecular complexity index is 806. The molecule has 2 N–H and O–H groups in total. The van der Waals surface area contributed by atoms with Gasteiger partial charge in [-0.05, 0) is 36.8 Å². The second kappa shape index (κ2) is 5.96. The van der Waals surface area contributed by atoms with E-state index in [0.717, 1.165) is 10.5 Å². The molecule has 2 aromatic rings. The van der Waals surface area contributed by atoms with Crippen LogP contribution in [0.3, 0.4) is 0 Å².